The third-order valence-electron chi connectivity index (χ3n) is 2.93. The number of rotatable bonds is 3. The Morgan fingerprint density at radius 3 is 2.21 bits per heavy atom. The maximum Gasteiger partial charge on any atom is 0.147 e. The second-order valence-corrected chi connectivity index (χ2v) is 6.46. The summed E-state index contributed by atoms with van der Waals surface area (Å²) in [5.74, 6) is 1.79. The van der Waals surface area contributed by atoms with Crippen LogP contribution in [-0.4, -0.2) is 14.8 Å². The third-order valence-corrected chi connectivity index (χ3v) is 3.45. The summed E-state index contributed by atoms with van der Waals surface area (Å²) in [5.41, 5.74) is 6.89. The SMILES string of the molecule is CC(C)(C)n1c(CN)nnc1Cc1ccc(Br)cc1. The summed E-state index contributed by atoms with van der Waals surface area (Å²) in [7, 11) is 0. The monoisotopic (exact) mass is 322 g/mol. The van der Waals surface area contributed by atoms with E-state index in [9.17, 15) is 0 Å². The Morgan fingerprint density at radius 2 is 1.68 bits per heavy atom. The Morgan fingerprint density at radius 1 is 1.11 bits per heavy atom. The van der Waals surface area contributed by atoms with Crippen molar-refractivity contribution in [1.82, 2.24) is 14.8 Å². The number of hydrogen-bond acceptors (Lipinski definition) is 3. The summed E-state index contributed by atoms with van der Waals surface area (Å²) in [6.45, 7) is 6.83. The largest absolute Gasteiger partial charge is 0.324 e. The highest BCUT2D eigenvalue weighted by molar-refractivity contribution is 9.10. The van der Waals surface area contributed by atoms with E-state index in [2.05, 4.69) is 63.6 Å². The molecule has 0 bridgehead atoms. The van der Waals surface area contributed by atoms with Gasteiger partial charge in [-0.2, -0.15) is 0 Å². The molecule has 4 nitrogen and oxygen atoms in total. The van der Waals surface area contributed by atoms with Crippen molar-refractivity contribution in [3.8, 4) is 0 Å². The van der Waals surface area contributed by atoms with E-state index in [1.807, 2.05) is 12.1 Å². The summed E-state index contributed by atoms with van der Waals surface area (Å²) in [5, 5.41) is 8.49. The first-order valence-corrected chi connectivity index (χ1v) is 7.09. The van der Waals surface area contributed by atoms with Gasteiger partial charge in [-0.3, -0.25) is 0 Å². The number of halogens is 1. The van der Waals surface area contributed by atoms with Crippen LogP contribution in [0.25, 0.3) is 0 Å². The zero-order valence-corrected chi connectivity index (χ0v) is 13.1. The van der Waals surface area contributed by atoms with Gasteiger partial charge in [0.2, 0.25) is 0 Å². The van der Waals surface area contributed by atoms with Crippen LogP contribution in [0.1, 0.15) is 38.0 Å². The van der Waals surface area contributed by atoms with E-state index < -0.39 is 0 Å². The minimum atomic E-state index is -0.0666. The fourth-order valence-electron chi connectivity index (χ4n) is 2.16. The molecule has 1 aromatic carbocycles. The standard InChI is InChI=1S/C14H19BrN4/c1-14(2,3)19-12(17-18-13(19)9-16)8-10-4-6-11(15)7-5-10/h4-7H,8-9,16H2,1-3H3. The first kappa shape index (κ1) is 14.2. The predicted molar refractivity (Wildman–Crippen MR) is 79.9 cm³/mol. The highest BCUT2D eigenvalue weighted by Gasteiger charge is 2.22. The lowest BCUT2D eigenvalue weighted by atomic mass is 10.1. The van der Waals surface area contributed by atoms with Crippen LogP contribution in [0.15, 0.2) is 28.7 Å². The average molecular weight is 323 g/mol. The van der Waals surface area contributed by atoms with Gasteiger partial charge < -0.3 is 10.3 Å². The lowest BCUT2D eigenvalue weighted by molar-refractivity contribution is 0.371. The van der Waals surface area contributed by atoms with Crippen molar-refractivity contribution in [1.29, 1.82) is 0 Å². The molecule has 0 amide bonds. The number of nitrogens with zero attached hydrogens (tertiary/aromatic N) is 3. The summed E-state index contributed by atoms with van der Waals surface area (Å²) in [6.07, 6.45) is 0.761. The van der Waals surface area contributed by atoms with Gasteiger partial charge in [0.05, 0.1) is 6.54 Å². The van der Waals surface area contributed by atoms with Crippen LogP contribution in [-0.2, 0) is 18.5 Å². The molecule has 0 aliphatic carbocycles. The molecule has 0 atom stereocenters. The molecule has 0 saturated heterocycles. The molecular formula is C14H19BrN4. The van der Waals surface area contributed by atoms with Gasteiger partial charge in [0.15, 0.2) is 0 Å². The zero-order valence-electron chi connectivity index (χ0n) is 11.5. The summed E-state index contributed by atoms with van der Waals surface area (Å²) in [4.78, 5) is 0. The van der Waals surface area contributed by atoms with E-state index >= 15 is 0 Å². The number of nitrogens with two attached hydrogens (primary N) is 1. The molecule has 0 spiro atoms. The normalized spacial score (nSPS) is 11.8. The smallest absolute Gasteiger partial charge is 0.147 e. The topological polar surface area (TPSA) is 56.7 Å². The predicted octanol–water partition coefficient (Wildman–Crippen LogP) is 2.85. The molecule has 0 saturated carbocycles. The molecule has 19 heavy (non-hydrogen) atoms. The molecule has 0 fully saturated rings. The van der Waals surface area contributed by atoms with Crippen LogP contribution < -0.4 is 5.73 Å². The van der Waals surface area contributed by atoms with Gasteiger partial charge in [-0.25, -0.2) is 0 Å². The van der Waals surface area contributed by atoms with Crippen molar-refractivity contribution in [2.45, 2.75) is 39.3 Å². The maximum absolute atomic E-state index is 5.74. The summed E-state index contributed by atoms with van der Waals surface area (Å²) in [6, 6.07) is 8.26. The van der Waals surface area contributed by atoms with Crippen molar-refractivity contribution in [3.63, 3.8) is 0 Å². The Hall–Kier alpha value is -1.20. The first-order valence-electron chi connectivity index (χ1n) is 6.30. The van der Waals surface area contributed by atoms with E-state index in [0.29, 0.717) is 6.54 Å². The van der Waals surface area contributed by atoms with Gasteiger partial charge in [0.25, 0.3) is 0 Å². The lowest BCUT2D eigenvalue weighted by Crippen LogP contribution is -2.27. The molecule has 1 heterocycles. The highest BCUT2D eigenvalue weighted by atomic mass is 79.9. The fourth-order valence-corrected chi connectivity index (χ4v) is 2.42. The molecule has 102 valence electrons. The van der Waals surface area contributed by atoms with E-state index in [0.717, 1.165) is 22.5 Å². The van der Waals surface area contributed by atoms with Gasteiger partial charge in [0, 0.05) is 16.4 Å². The van der Waals surface area contributed by atoms with Gasteiger partial charge in [0.1, 0.15) is 11.6 Å². The van der Waals surface area contributed by atoms with E-state index in [1.165, 1.54) is 5.56 Å². The Balaban J connectivity index is 2.35. The molecule has 2 N–H and O–H groups in total. The lowest BCUT2D eigenvalue weighted by Gasteiger charge is -2.24. The molecule has 0 aliphatic heterocycles. The van der Waals surface area contributed by atoms with Crippen molar-refractivity contribution in [2.75, 3.05) is 0 Å². The third kappa shape index (κ3) is 3.22. The molecule has 0 unspecified atom stereocenters. The van der Waals surface area contributed by atoms with Gasteiger partial charge >= 0.3 is 0 Å². The molecule has 0 aliphatic rings. The maximum atomic E-state index is 5.74. The second kappa shape index (κ2) is 5.43. The van der Waals surface area contributed by atoms with Crippen molar-refractivity contribution < 1.29 is 0 Å². The van der Waals surface area contributed by atoms with Crippen LogP contribution in [0.4, 0.5) is 0 Å². The van der Waals surface area contributed by atoms with E-state index in [1.54, 1.807) is 0 Å². The Bertz CT molecular complexity index is 552. The quantitative estimate of drug-likeness (QED) is 0.945. The van der Waals surface area contributed by atoms with E-state index in [4.69, 9.17) is 5.73 Å². The summed E-state index contributed by atoms with van der Waals surface area (Å²) < 4.78 is 3.21. The Kier molecular flexibility index (Phi) is 4.06. The minimum Gasteiger partial charge on any atom is -0.324 e. The van der Waals surface area contributed by atoms with Gasteiger partial charge in [-0.05, 0) is 38.5 Å². The van der Waals surface area contributed by atoms with Crippen LogP contribution >= 0.6 is 15.9 Å². The minimum absolute atomic E-state index is 0.0666. The molecule has 1 aromatic heterocycles. The zero-order chi connectivity index (χ0) is 14.0. The van der Waals surface area contributed by atoms with Crippen molar-refractivity contribution in [2.24, 2.45) is 5.73 Å². The summed E-state index contributed by atoms with van der Waals surface area (Å²) >= 11 is 3.44. The number of benzene rings is 1. The fraction of sp³-hybridized carbons (Fsp3) is 0.429. The van der Waals surface area contributed by atoms with Crippen molar-refractivity contribution in [3.05, 3.63) is 46.0 Å². The molecule has 0 radical (unpaired) electrons. The van der Waals surface area contributed by atoms with Crippen LogP contribution in [0.5, 0.6) is 0 Å². The van der Waals surface area contributed by atoms with E-state index in [-0.39, 0.29) is 5.54 Å². The van der Waals surface area contributed by atoms with Crippen LogP contribution in [0.2, 0.25) is 0 Å². The number of aromatic nitrogens is 3. The molecule has 5 heteroatoms. The molecule has 2 rings (SSSR count). The van der Waals surface area contributed by atoms with Crippen LogP contribution in [0, 0.1) is 0 Å². The second-order valence-electron chi connectivity index (χ2n) is 5.55. The van der Waals surface area contributed by atoms with Gasteiger partial charge in [-0.15, -0.1) is 10.2 Å². The Labute approximate surface area is 122 Å². The first-order chi connectivity index (χ1) is 8.91. The molecular weight excluding hydrogens is 304 g/mol. The van der Waals surface area contributed by atoms with Crippen molar-refractivity contribution >= 4 is 15.9 Å². The molecule has 2 aromatic rings. The van der Waals surface area contributed by atoms with Crippen LogP contribution in [0.3, 0.4) is 0 Å². The number of hydrogen-bond donors (Lipinski definition) is 1. The highest BCUT2D eigenvalue weighted by Crippen LogP contribution is 2.21. The van der Waals surface area contributed by atoms with Gasteiger partial charge in [-0.1, -0.05) is 28.1 Å². The average Bonchev–Trinajstić information content (AvgIpc) is 2.75.